The molecule has 0 atom stereocenters. The van der Waals surface area contributed by atoms with E-state index in [1.165, 1.54) is 11.3 Å². The predicted molar refractivity (Wildman–Crippen MR) is 122 cm³/mol. The molecule has 0 aromatic carbocycles. The number of esters is 1. The molecule has 3 N–H and O–H groups in total. The number of fused-ring (bicyclic) bond motifs is 2. The summed E-state index contributed by atoms with van der Waals surface area (Å²) >= 11 is 2.08. The van der Waals surface area contributed by atoms with Gasteiger partial charge in [-0.15, -0.1) is 22.7 Å². The van der Waals surface area contributed by atoms with Gasteiger partial charge >= 0.3 is 18.2 Å². The fourth-order valence-corrected chi connectivity index (χ4v) is 6.75. The van der Waals surface area contributed by atoms with Crippen molar-refractivity contribution in [1.29, 1.82) is 0 Å². The van der Waals surface area contributed by atoms with Crippen molar-refractivity contribution < 1.29 is 27.5 Å². The highest BCUT2D eigenvalue weighted by atomic mass is 32.1. The summed E-state index contributed by atoms with van der Waals surface area (Å²) in [5.41, 5.74) is 2.07. The molecule has 0 bridgehead atoms. The Hall–Kier alpha value is -2.11. The van der Waals surface area contributed by atoms with E-state index in [1.54, 1.807) is 13.8 Å². The average molecular weight is 502 g/mol. The minimum absolute atomic E-state index is 0.129. The predicted octanol–water partition coefficient (Wildman–Crippen LogP) is 5.24. The van der Waals surface area contributed by atoms with Gasteiger partial charge in [-0.3, -0.25) is 5.32 Å². The van der Waals surface area contributed by atoms with Gasteiger partial charge in [0.2, 0.25) is 0 Å². The van der Waals surface area contributed by atoms with Crippen molar-refractivity contribution in [1.82, 2.24) is 10.6 Å². The fraction of sp³-hybridized carbons (Fsp3) is 0.545. The molecule has 6 nitrogen and oxygen atoms in total. The highest BCUT2D eigenvalue weighted by molar-refractivity contribution is 7.17. The molecule has 2 aromatic rings. The molecule has 2 amide bonds. The molecule has 0 saturated carbocycles. The average Bonchev–Trinajstić information content (AvgIpc) is 3.29. The third kappa shape index (κ3) is 5.20. The monoisotopic (exact) mass is 501 g/mol. The van der Waals surface area contributed by atoms with Crippen LogP contribution < -0.4 is 16.0 Å². The van der Waals surface area contributed by atoms with Gasteiger partial charge in [0, 0.05) is 22.8 Å². The van der Waals surface area contributed by atoms with Crippen molar-refractivity contribution in [3.05, 3.63) is 36.9 Å². The first kappa shape index (κ1) is 24.0. The van der Waals surface area contributed by atoms with E-state index in [-0.39, 0.29) is 18.2 Å². The normalized spacial score (nSPS) is 15.7. The van der Waals surface area contributed by atoms with Crippen LogP contribution in [0.5, 0.6) is 0 Å². The summed E-state index contributed by atoms with van der Waals surface area (Å²) < 4.78 is 46.2. The zero-order valence-corrected chi connectivity index (χ0v) is 20.0. The van der Waals surface area contributed by atoms with E-state index in [0.29, 0.717) is 40.5 Å². The second-order valence-corrected chi connectivity index (χ2v) is 10.6. The van der Waals surface area contributed by atoms with Gasteiger partial charge in [0.05, 0.1) is 11.7 Å². The molecule has 1 aliphatic heterocycles. The lowest BCUT2D eigenvalue weighted by molar-refractivity contribution is -0.135. The molecule has 2 aromatic heterocycles. The van der Waals surface area contributed by atoms with Crippen molar-refractivity contribution in [2.24, 2.45) is 0 Å². The summed E-state index contributed by atoms with van der Waals surface area (Å²) in [5, 5.41) is 8.75. The number of anilines is 1. The van der Waals surface area contributed by atoms with E-state index in [2.05, 4.69) is 16.0 Å². The zero-order valence-electron chi connectivity index (χ0n) is 18.4. The maximum absolute atomic E-state index is 13.6. The van der Waals surface area contributed by atoms with Crippen molar-refractivity contribution >= 4 is 39.7 Å². The number of urea groups is 1. The lowest BCUT2D eigenvalue weighted by Crippen LogP contribution is -2.30. The molecule has 33 heavy (non-hydrogen) atoms. The van der Waals surface area contributed by atoms with Crippen LogP contribution in [0.15, 0.2) is 0 Å². The molecule has 4 rings (SSSR count). The summed E-state index contributed by atoms with van der Waals surface area (Å²) in [6.45, 7) is 4.28. The van der Waals surface area contributed by atoms with Crippen LogP contribution in [0, 0.1) is 0 Å². The molecule has 0 fully saturated rings. The first-order chi connectivity index (χ1) is 15.6. The van der Waals surface area contributed by atoms with E-state index in [4.69, 9.17) is 4.74 Å². The summed E-state index contributed by atoms with van der Waals surface area (Å²) in [7, 11) is 0. The Bertz CT molecular complexity index is 1060. The molecular weight excluding hydrogens is 475 g/mol. The lowest BCUT2D eigenvalue weighted by atomic mass is 9.95. The molecule has 180 valence electrons. The number of ether oxygens (including phenoxy) is 1. The third-order valence-electron chi connectivity index (χ3n) is 5.67. The quantitative estimate of drug-likeness (QED) is 0.490. The number of carbonyl (C=O) groups excluding carboxylic acids is 2. The Kier molecular flexibility index (Phi) is 7.01. The Morgan fingerprint density at radius 2 is 1.85 bits per heavy atom. The van der Waals surface area contributed by atoms with E-state index < -0.39 is 23.1 Å². The minimum atomic E-state index is -4.48. The number of hydrogen-bond acceptors (Lipinski definition) is 6. The van der Waals surface area contributed by atoms with E-state index in [0.717, 1.165) is 47.5 Å². The standard InChI is InChI=1S/C22H26F3N3O3S2/c1-11(2)31-20(29)17-13-5-3-4-6-15(13)33-19(17)28-21(30)27-9-14-12-7-8-26-10-16(12)32-18(14)22(23,24)25/h11,26H,3-10H2,1-2H3,(H2,27,28,30). The van der Waals surface area contributed by atoms with E-state index in [9.17, 15) is 22.8 Å². The van der Waals surface area contributed by atoms with E-state index in [1.807, 2.05) is 0 Å². The summed E-state index contributed by atoms with van der Waals surface area (Å²) in [4.78, 5) is 26.5. The second kappa shape index (κ2) is 9.63. The number of aryl methyl sites for hydroxylation is 1. The van der Waals surface area contributed by atoms with Crippen LogP contribution >= 0.6 is 22.7 Å². The topological polar surface area (TPSA) is 79.5 Å². The molecule has 2 aliphatic rings. The first-order valence-corrected chi connectivity index (χ1v) is 12.6. The maximum Gasteiger partial charge on any atom is 0.425 e. The number of halogens is 3. The Labute approximate surface area is 197 Å². The number of thiophene rings is 2. The van der Waals surface area contributed by atoms with Gasteiger partial charge in [0.25, 0.3) is 0 Å². The smallest absolute Gasteiger partial charge is 0.425 e. The molecular formula is C22H26F3N3O3S2. The minimum Gasteiger partial charge on any atom is -0.459 e. The van der Waals surface area contributed by atoms with Crippen LogP contribution in [0.2, 0.25) is 0 Å². The number of carbonyl (C=O) groups is 2. The third-order valence-corrected chi connectivity index (χ3v) is 8.19. The van der Waals surface area contributed by atoms with Crippen molar-refractivity contribution in [3.63, 3.8) is 0 Å². The number of rotatable bonds is 5. The van der Waals surface area contributed by atoms with Gasteiger partial charge in [-0.05, 0) is 69.2 Å². The van der Waals surface area contributed by atoms with Crippen LogP contribution in [0.3, 0.4) is 0 Å². The Balaban J connectivity index is 1.53. The van der Waals surface area contributed by atoms with Crippen LogP contribution in [0.1, 0.15) is 68.4 Å². The summed E-state index contributed by atoms with van der Waals surface area (Å²) in [6, 6.07) is -0.644. The highest BCUT2D eigenvalue weighted by Crippen LogP contribution is 2.42. The van der Waals surface area contributed by atoms with Gasteiger partial charge < -0.3 is 15.4 Å². The largest absolute Gasteiger partial charge is 0.459 e. The molecule has 3 heterocycles. The molecule has 1 aliphatic carbocycles. The second-order valence-electron chi connectivity index (χ2n) is 8.41. The maximum atomic E-state index is 13.6. The molecule has 0 unspecified atom stereocenters. The summed E-state index contributed by atoms with van der Waals surface area (Å²) in [5.74, 6) is -0.488. The number of alkyl halides is 3. The Morgan fingerprint density at radius 3 is 2.58 bits per heavy atom. The molecule has 11 heteroatoms. The van der Waals surface area contributed by atoms with Crippen LogP contribution in [0.25, 0.3) is 0 Å². The van der Waals surface area contributed by atoms with Gasteiger partial charge in [-0.25, -0.2) is 9.59 Å². The molecule has 0 spiro atoms. The fourth-order valence-electron chi connectivity index (χ4n) is 4.27. The Morgan fingerprint density at radius 1 is 1.09 bits per heavy atom. The number of amides is 2. The lowest BCUT2D eigenvalue weighted by Gasteiger charge is -2.16. The molecule has 0 radical (unpaired) electrons. The van der Waals surface area contributed by atoms with Crippen LogP contribution in [-0.4, -0.2) is 24.6 Å². The number of hydrogen-bond donors (Lipinski definition) is 3. The number of nitrogens with one attached hydrogen (secondary N) is 3. The van der Waals surface area contributed by atoms with Crippen LogP contribution in [-0.2, 0) is 43.3 Å². The van der Waals surface area contributed by atoms with Crippen molar-refractivity contribution in [2.75, 3.05) is 11.9 Å². The van der Waals surface area contributed by atoms with Gasteiger partial charge in [0.15, 0.2) is 0 Å². The zero-order chi connectivity index (χ0) is 23.8. The molecule has 0 saturated heterocycles. The van der Waals surface area contributed by atoms with Crippen molar-refractivity contribution in [3.8, 4) is 0 Å². The highest BCUT2D eigenvalue weighted by Gasteiger charge is 2.38. The SMILES string of the molecule is CC(C)OC(=O)c1c(NC(=O)NCc2c(C(F)(F)F)sc3c2CCNC3)sc2c1CCCC2. The van der Waals surface area contributed by atoms with Gasteiger partial charge in [-0.1, -0.05) is 0 Å². The first-order valence-electron chi connectivity index (χ1n) is 11.0. The van der Waals surface area contributed by atoms with Gasteiger partial charge in [-0.2, -0.15) is 13.2 Å². The van der Waals surface area contributed by atoms with E-state index >= 15 is 0 Å². The van der Waals surface area contributed by atoms with Gasteiger partial charge in [0.1, 0.15) is 9.88 Å². The summed E-state index contributed by atoms with van der Waals surface area (Å²) in [6.07, 6.45) is -0.763. The van der Waals surface area contributed by atoms with Crippen molar-refractivity contribution in [2.45, 2.75) is 71.3 Å². The van der Waals surface area contributed by atoms with Crippen LogP contribution in [0.4, 0.5) is 23.0 Å².